The molecule has 2 N–H and O–H groups in total. The van der Waals surface area contributed by atoms with E-state index in [0.29, 0.717) is 24.3 Å². The van der Waals surface area contributed by atoms with Crippen LogP contribution in [0, 0.1) is 0 Å². The van der Waals surface area contributed by atoms with Crippen LogP contribution in [0.3, 0.4) is 0 Å². The normalized spacial score (nSPS) is 12.7. The van der Waals surface area contributed by atoms with Gasteiger partial charge in [-0.15, -0.1) is 11.3 Å². The van der Waals surface area contributed by atoms with Gasteiger partial charge in [-0.2, -0.15) is 0 Å². The highest BCUT2D eigenvalue weighted by Gasteiger charge is 2.19. The van der Waals surface area contributed by atoms with Crippen LogP contribution in [0.4, 0.5) is 0 Å². The van der Waals surface area contributed by atoms with Crippen molar-refractivity contribution in [3.63, 3.8) is 0 Å². The van der Waals surface area contributed by atoms with Gasteiger partial charge in [-0.05, 0) is 17.7 Å². The number of nitrogens with zero attached hydrogens (tertiary/aromatic N) is 1. The lowest BCUT2D eigenvalue weighted by molar-refractivity contribution is -0.129. The molecule has 0 aliphatic carbocycles. The van der Waals surface area contributed by atoms with Gasteiger partial charge in [-0.1, -0.05) is 32.9 Å². The first kappa shape index (κ1) is 18.4. The van der Waals surface area contributed by atoms with Gasteiger partial charge in [0.2, 0.25) is 0 Å². The van der Waals surface area contributed by atoms with Gasteiger partial charge >= 0.3 is 0 Å². The number of aliphatic hydroxyl groups is 1. The monoisotopic (exact) mass is 348 g/mol. The fourth-order valence-electron chi connectivity index (χ4n) is 2.14. The summed E-state index contributed by atoms with van der Waals surface area (Å²) in [5.41, 5.74) is 1.51. The summed E-state index contributed by atoms with van der Waals surface area (Å²) in [6.07, 6.45) is -0.566. The predicted octanol–water partition coefficient (Wildman–Crippen LogP) is 2.84. The van der Waals surface area contributed by atoms with Crippen LogP contribution in [0.1, 0.15) is 43.1 Å². The van der Waals surface area contributed by atoms with Crippen LogP contribution in [0.5, 0.6) is 5.75 Å². The maximum absolute atomic E-state index is 12.1. The number of nitrogens with one attached hydrogen (secondary N) is 1. The minimum absolute atomic E-state index is 0.0364. The van der Waals surface area contributed by atoms with Crippen LogP contribution in [-0.2, 0) is 16.6 Å². The zero-order valence-electron chi connectivity index (χ0n) is 14.5. The predicted molar refractivity (Wildman–Crippen MR) is 95.5 cm³/mol. The number of hydrogen-bond donors (Lipinski definition) is 2. The van der Waals surface area contributed by atoms with E-state index in [4.69, 9.17) is 4.74 Å². The van der Waals surface area contributed by atoms with Crippen LogP contribution in [-0.4, -0.2) is 29.7 Å². The van der Waals surface area contributed by atoms with E-state index >= 15 is 0 Å². The first-order valence-electron chi connectivity index (χ1n) is 7.86. The van der Waals surface area contributed by atoms with E-state index in [1.165, 1.54) is 0 Å². The number of aliphatic hydroxyl groups excluding tert-OH is 1. The summed E-state index contributed by atoms with van der Waals surface area (Å²) in [5.74, 6) is 0.186. The Morgan fingerprint density at radius 3 is 2.79 bits per heavy atom. The van der Waals surface area contributed by atoms with Gasteiger partial charge in [0.15, 0.2) is 6.10 Å². The van der Waals surface area contributed by atoms with Crippen LogP contribution in [0.25, 0.3) is 0 Å². The molecule has 1 unspecified atom stereocenters. The summed E-state index contributed by atoms with van der Waals surface area (Å²) in [6.45, 7) is 6.82. The van der Waals surface area contributed by atoms with E-state index in [2.05, 4.69) is 31.1 Å². The molecule has 2 rings (SSSR count). The standard InChI is InChI=1S/C18H24N2O3S/c1-18(2,3)17-20-13(11-24-17)8-9-19-16(22)15(21)12-6-5-7-14(10-12)23-4/h5-7,10-11,15,21H,8-9H2,1-4H3,(H,19,22). The number of carbonyl (C=O) groups excluding carboxylic acids is 1. The van der Waals surface area contributed by atoms with Crippen molar-refractivity contribution in [3.05, 3.63) is 45.9 Å². The summed E-state index contributed by atoms with van der Waals surface area (Å²) >= 11 is 1.64. The summed E-state index contributed by atoms with van der Waals surface area (Å²) < 4.78 is 5.10. The second-order valence-electron chi connectivity index (χ2n) is 6.61. The largest absolute Gasteiger partial charge is 0.497 e. The molecule has 0 saturated carbocycles. The Morgan fingerprint density at radius 1 is 1.42 bits per heavy atom. The van der Waals surface area contributed by atoms with Gasteiger partial charge in [-0.25, -0.2) is 4.98 Å². The lowest BCUT2D eigenvalue weighted by Crippen LogP contribution is -2.31. The van der Waals surface area contributed by atoms with Crippen molar-refractivity contribution in [2.45, 2.75) is 38.7 Å². The highest BCUT2D eigenvalue weighted by Crippen LogP contribution is 2.25. The van der Waals surface area contributed by atoms with E-state index in [-0.39, 0.29) is 5.41 Å². The van der Waals surface area contributed by atoms with Crippen LogP contribution in [0.2, 0.25) is 0 Å². The van der Waals surface area contributed by atoms with Gasteiger partial charge in [0.05, 0.1) is 17.8 Å². The van der Waals surface area contributed by atoms with Crippen LogP contribution >= 0.6 is 11.3 Å². The Labute approximate surface area is 146 Å². The van der Waals surface area contributed by atoms with Crippen LogP contribution < -0.4 is 10.1 Å². The second kappa shape index (κ2) is 7.77. The number of aromatic nitrogens is 1. The van der Waals surface area contributed by atoms with Crippen molar-refractivity contribution < 1.29 is 14.6 Å². The minimum Gasteiger partial charge on any atom is -0.497 e. The number of methoxy groups -OCH3 is 1. The second-order valence-corrected chi connectivity index (χ2v) is 7.47. The Kier molecular flexibility index (Phi) is 5.96. The van der Waals surface area contributed by atoms with E-state index in [0.717, 1.165) is 10.7 Å². The van der Waals surface area contributed by atoms with Crippen molar-refractivity contribution >= 4 is 17.2 Å². The molecule has 0 aliphatic heterocycles. The number of hydrogen-bond acceptors (Lipinski definition) is 5. The number of carbonyl (C=O) groups is 1. The Bertz CT molecular complexity index is 692. The summed E-state index contributed by atoms with van der Waals surface area (Å²) in [6, 6.07) is 6.86. The third-order valence-electron chi connectivity index (χ3n) is 3.53. The molecule has 0 fully saturated rings. The molecule has 1 amide bonds. The van der Waals surface area contributed by atoms with Gasteiger partial charge < -0.3 is 15.2 Å². The molecule has 0 aliphatic rings. The molecule has 1 atom stereocenters. The molecule has 1 heterocycles. The Morgan fingerprint density at radius 2 is 2.17 bits per heavy atom. The van der Waals surface area contributed by atoms with Gasteiger partial charge in [-0.3, -0.25) is 4.79 Å². The molecule has 0 spiro atoms. The van der Waals surface area contributed by atoms with Crippen molar-refractivity contribution in [3.8, 4) is 5.75 Å². The Balaban J connectivity index is 1.87. The fourth-order valence-corrected chi connectivity index (χ4v) is 3.08. The molecular formula is C18H24N2O3S. The molecule has 24 heavy (non-hydrogen) atoms. The molecular weight excluding hydrogens is 324 g/mol. The molecule has 0 bridgehead atoms. The maximum Gasteiger partial charge on any atom is 0.253 e. The lowest BCUT2D eigenvalue weighted by Gasteiger charge is -2.14. The minimum atomic E-state index is -1.21. The van der Waals surface area contributed by atoms with Crippen molar-refractivity contribution in [1.29, 1.82) is 0 Å². The first-order valence-corrected chi connectivity index (χ1v) is 8.74. The van der Waals surface area contributed by atoms with Gasteiger partial charge in [0, 0.05) is 23.8 Å². The lowest BCUT2D eigenvalue weighted by atomic mass is 9.98. The molecule has 2 aromatic rings. The number of ether oxygens (including phenoxy) is 1. The van der Waals surface area contributed by atoms with E-state index in [9.17, 15) is 9.90 Å². The maximum atomic E-state index is 12.1. The summed E-state index contributed by atoms with van der Waals surface area (Å²) in [7, 11) is 1.55. The first-order chi connectivity index (χ1) is 11.3. The number of rotatable bonds is 6. The average Bonchev–Trinajstić information content (AvgIpc) is 3.03. The summed E-state index contributed by atoms with van der Waals surface area (Å²) in [5, 5.41) is 16.0. The van der Waals surface area contributed by atoms with Gasteiger partial charge in [0.25, 0.3) is 5.91 Å². The van der Waals surface area contributed by atoms with Gasteiger partial charge in [0.1, 0.15) is 5.75 Å². The van der Waals surface area contributed by atoms with Crippen molar-refractivity contribution in [2.75, 3.05) is 13.7 Å². The molecule has 0 radical (unpaired) electrons. The zero-order chi connectivity index (χ0) is 17.7. The zero-order valence-corrected chi connectivity index (χ0v) is 15.3. The van der Waals surface area contributed by atoms with E-state index < -0.39 is 12.0 Å². The molecule has 1 aromatic carbocycles. The van der Waals surface area contributed by atoms with E-state index in [1.807, 2.05) is 5.38 Å². The number of benzene rings is 1. The highest BCUT2D eigenvalue weighted by molar-refractivity contribution is 7.09. The number of amides is 1. The molecule has 6 heteroatoms. The molecule has 130 valence electrons. The number of thiazole rings is 1. The Hall–Kier alpha value is -1.92. The SMILES string of the molecule is COc1cccc(C(O)C(=O)NCCc2csc(C(C)(C)C)n2)c1. The third kappa shape index (κ3) is 4.79. The van der Waals surface area contributed by atoms with E-state index in [1.54, 1.807) is 42.7 Å². The molecule has 0 saturated heterocycles. The van der Waals surface area contributed by atoms with Crippen molar-refractivity contribution in [2.24, 2.45) is 0 Å². The smallest absolute Gasteiger partial charge is 0.253 e. The average molecular weight is 348 g/mol. The third-order valence-corrected chi connectivity index (χ3v) is 4.85. The topological polar surface area (TPSA) is 71.5 Å². The van der Waals surface area contributed by atoms with Crippen molar-refractivity contribution in [1.82, 2.24) is 10.3 Å². The van der Waals surface area contributed by atoms with Crippen LogP contribution in [0.15, 0.2) is 29.6 Å². The molecule has 5 nitrogen and oxygen atoms in total. The summed E-state index contributed by atoms with van der Waals surface area (Å²) in [4.78, 5) is 16.7. The fraction of sp³-hybridized carbons (Fsp3) is 0.444. The quantitative estimate of drug-likeness (QED) is 0.842. The highest BCUT2D eigenvalue weighted by atomic mass is 32.1. The molecule has 1 aromatic heterocycles.